The summed E-state index contributed by atoms with van der Waals surface area (Å²) < 4.78 is 10.5. The van der Waals surface area contributed by atoms with Crippen molar-refractivity contribution in [2.24, 2.45) is 11.3 Å². The summed E-state index contributed by atoms with van der Waals surface area (Å²) >= 11 is 13.1. The molecule has 166 valence electrons. The first kappa shape index (κ1) is 22.2. The third-order valence-electron chi connectivity index (χ3n) is 6.39. The van der Waals surface area contributed by atoms with E-state index < -0.39 is 24.1 Å². The van der Waals surface area contributed by atoms with Gasteiger partial charge in [-0.05, 0) is 62.3 Å². The van der Waals surface area contributed by atoms with Crippen molar-refractivity contribution in [3.8, 4) is 5.75 Å². The van der Waals surface area contributed by atoms with E-state index in [0.29, 0.717) is 17.4 Å². The highest BCUT2D eigenvalue weighted by Gasteiger charge is 2.48. The van der Waals surface area contributed by atoms with Gasteiger partial charge in [-0.3, -0.25) is 4.79 Å². The van der Waals surface area contributed by atoms with Gasteiger partial charge in [0, 0.05) is 17.4 Å². The number of rotatable bonds is 7. The van der Waals surface area contributed by atoms with Crippen LogP contribution >= 0.6 is 23.2 Å². The monoisotopic (exact) mass is 466 g/mol. The van der Waals surface area contributed by atoms with E-state index in [1.807, 2.05) is 0 Å². The molecule has 0 aliphatic heterocycles. The van der Waals surface area contributed by atoms with Gasteiger partial charge < -0.3 is 14.6 Å². The summed E-state index contributed by atoms with van der Waals surface area (Å²) in [6, 6.07) is 1.78. The van der Waals surface area contributed by atoms with Gasteiger partial charge in [-0.15, -0.1) is 0 Å². The summed E-state index contributed by atoms with van der Waals surface area (Å²) in [4.78, 5) is 35.4. The van der Waals surface area contributed by atoms with Gasteiger partial charge in [0.25, 0.3) is 0 Å². The Kier molecular flexibility index (Phi) is 5.59. The molecule has 0 bridgehead atoms. The fourth-order valence-corrected chi connectivity index (χ4v) is 5.13. The zero-order valence-corrected chi connectivity index (χ0v) is 18.9. The molecule has 0 radical (unpaired) electrons. The number of allylic oxidation sites excluding steroid dienone is 2. The molecule has 8 heteroatoms. The van der Waals surface area contributed by atoms with Gasteiger partial charge in [-0.1, -0.05) is 36.0 Å². The van der Waals surface area contributed by atoms with Crippen molar-refractivity contribution >= 4 is 46.5 Å². The van der Waals surface area contributed by atoms with Gasteiger partial charge in [0.1, 0.15) is 10.8 Å². The topological polar surface area (TPSA) is 89.9 Å². The maximum atomic E-state index is 12.2. The van der Waals surface area contributed by atoms with Crippen LogP contribution in [-0.2, 0) is 25.5 Å². The lowest BCUT2D eigenvalue weighted by molar-refractivity contribution is -0.175. The first-order valence-electron chi connectivity index (χ1n) is 10.4. The number of carboxylic acids is 1. The van der Waals surface area contributed by atoms with E-state index in [0.717, 1.165) is 36.0 Å². The molecular formula is C23H24Cl2O6. The third kappa shape index (κ3) is 4.20. The Morgan fingerprint density at radius 1 is 1.26 bits per heavy atom. The van der Waals surface area contributed by atoms with Crippen molar-refractivity contribution in [1.29, 1.82) is 0 Å². The number of carboxylic acid groups (broad SMARTS) is 1. The number of hydrogen-bond acceptors (Lipinski definition) is 5. The minimum atomic E-state index is -1.66. The van der Waals surface area contributed by atoms with E-state index in [4.69, 9.17) is 37.8 Å². The Balaban J connectivity index is 1.59. The lowest BCUT2D eigenvalue weighted by Crippen LogP contribution is -2.38. The van der Waals surface area contributed by atoms with Crippen LogP contribution in [-0.4, -0.2) is 35.0 Å². The van der Waals surface area contributed by atoms with Crippen molar-refractivity contribution in [2.75, 3.05) is 6.61 Å². The largest absolute Gasteiger partial charge is 0.480 e. The minimum Gasteiger partial charge on any atom is -0.480 e. The smallest absolute Gasteiger partial charge is 0.347 e. The van der Waals surface area contributed by atoms with Crippen molar-refractivity contribution in [3.63, 3.8) is 0 Å². The maximum absolute atomic E-state index is 12.2. The SMILES string of the molecule is CC(C)(OC(=O)COc1cc2c(c(Cl)c1Cl)C1=CC(=O)CCC1(CC1CC1)C2)C(=O)O. The fourth-order valence-electron chi connectivity index (χ4n) is 4.61. The number of aliphatic carboxylic acids is 1. The molecule has 1 N–H and O–H groups in total. The van der Waals surface area contributed by atoms with E-state index in [1.165, 1.54) is 26.7 Å². The van der Waals surface area contributed by atoms with Crippen molar-refractivity contribution in [3.05, 3.63) is 33.3 Å². The molecule has 4 rings (SSSR count). The molecule has 1 fully saturated rings. The molecule has 3 aliphatic rings. The molecular weight excluding hydrogens is 443 g/mol. The summed E-state index contributed by atoms with van der Waals surface area (Å²) in [6.07, 6.45) is 7.27. The molecule has 0 aromatic heterocycles. The number of fused-ring (bicyclic) bond motifs is 3. The number of benzene rings is 1. The number of ketones is 1. The third-order valence-corrected chi connectivity index (χ3v) is 7.24. The van der Waals surface area contributed by atoms with Gasteiger partial charge in [0.15, 0.2) is 12.4 Å². The number of halogens is 2. The Morgan fingerprint density at radius 2 is 1.97 bits per heavy atom. The van der Waals surface area contributed by atoms with E-state index in [-0.39, 0.29) is 22.0 Å². The van der Waals surface area contributed by atoms with E-state index in [1.54, 1.807) is 12.1 Å². The van der Waals surface area contributed by atoms with Crippen LogP contribution in [0.2, 0.25) is 10.0 Å². The second-order valence-electron chi connectivity index (χ2n) is 9.24. The molecule has 0 spiro atoms. The van der Waals surface area contributed by atoms with E-state index >= 15 is 0 Å². The van der Waals surface area contributed by atoms with E-state index in [2.05, 4.69) is 0 Å². The molecule has 6 nitrogen and oxygen atoms in total. The maximum Gasteiger partial charge on any atom is 0.347 e. The lowest BCUT2D eigenvalue weighted by atomic mass is 9.69. The number of carbonyl (C=O) groups is 3. The predicted octanol–water partition coefficient (Wildman–Crippen LogP) is 4.87. The predicted molar refractivity (Wildman–Crippen MR) is 115 cm³/mol. The van der Waals surface area contributed by atoms with Gasteiger partial charge >= 0.3 is 11.9 Å². The first-order chi connectivity index (χ1) is 14.5. The molecule has 3 aliphatic carbocycles. The second kappa shape index (κ2) is 7.82. The average Bonchev–Trinajstić information content (AvgIpc) is 3.43. The molecule has 1 aromatic carbocycles. The van der Waals surface area contributed by atoms with Crippen LogP contribution in [0, 0.1) is 11.3 Å². The van der Waals surface area contributed by atoms with Crippen LogP contribution in [0.5, 0.6) is 5.75 Å². The van der Waals surface area contributed by atoms with Gasteiger partial charge in [-0.2, -0.15) is 0 Å². The van der Waals surface area contributed by atoms with Crippen LogP contribution in [0.3, 0.4) is 0 Å². The zero-order chi connectivity index (χ0) is 22.6. The van der Waals surface area contributed by atoms with Crippen molar-refractivity contribution in [1.82, 2.24) is 0 Å². The molecule has 1 unspecified atom stereocenters. The number of carbonyl (C=O) groups excluding carboxylic acids is 2. The quantitative estimate of drug-likeness (QED) is 0.576. The molecule has 0 amide bonds. The molecule has 31 heavy (non-hydrogen) atoms. The summed E-state index contributed by atoms with van der Waals surface area (Å²) in [5.41, 5.74) is 0.969. The molecule has 0 heterocycles. The normalized spacial score (nSPS) is 22.5. The average molecular weight is 467 g/mol. The number of hydrogen-bond donors (Lipinski definition) is 1. The zero-order valence-electron chi connectivity index (χ0n) is 17.4. The number of esters is 1. The Morgan fingerprint density at radius 3 is 2.61 bits per heavy atom. The van der Waals surface area contributed by atoms with Crippen LogP contribution in [0.4, 0.5) is 0 Å². The minimum absolute atomic E-state index is 0.102. The van der Waals surface area contributed by atoms with Crippen molar-refractivity contribution in [2.45, 2.75) is 58.0 Å². The fraction of sp³-hybridized carbons (Fsp3) is 0.522. The highest BCUT2D eigenvalue weighted by Crippen LogP contribution is 2.60. The summed E-state index contributed by atoms with van der Waals surface area (Å²) in [6.45, 7) is 2.06. The van der Waals surface area contributed by atoms with Crippen LogP contribution in [0.1, 0.15) is 57.1 Å². The first-order valence-corrected chi connectivity index (χ1v) is 11.1. The number of ether oxygens (including phenoxy) is 2. The van der Waals surface area contributed by atoms with Gasteiger partial charge in [0.05, 0.1) is 5.02 Å². The molecule has 1 saturated carbocycles. The van der Waals surface area contributed by atoms with Crippen LogP contribution in [0.25, 0.3) is 5.57 Å². The standard InChI is InChI=1S/C23H24Cl2O6/c1-22(2,21(28)29)31-17(27)11-30-16-7-13-10-23(9-12-3-4-12)6-5-14(26)8-15(23)18(13)20(25)19(16)24/h7-8,12H,3-6,9-11H2,1-2H3,(H,28,29). The Labute approximate surface area is 190 Å². The Hall–Kier alpha value is -2.05. The molecule has 1 aromatic rings. The molecule has 0 saturated heterocycles. The highest BCUT2D eigenvalue weighted by atomic mass is 35.5. The lowest BCUT2D eigenvalue weighted by Gasteiger charge is -2.34. The van der Waals surface area contributed by atoms with E-state index in [9.17, 15) is 14.4 Å². The molecule has 1 atom stereocenters. The van der Waals surface area contributed by atoms with Crippen LogP contribution < -0.4 is 4.74 Å². The summed E-state index contributed by atoms with van der Waals surface area (Å²) in [7, 11) is 0. The van der Waals surface area contributed by atoms with Gasteiger partial charge in [0.2, 0.25) is 5.60 Å². The van der Waals surface area contributed by atoms with Crippen LogP contribution in [0.15, 0.2) is 12.1 Å². The summed E-state index contributed by atoms with van der Waals surface area (Å²) in [5, 5.41) is 9.56. The highest BCUT2D eigenvalue weighted by molar-refractivity contribution is 6.44. The van der Waals surface area contributed by atoms with Crippen molar-refractivity contribution < 1.29 is 29.0 Å². The summed E-state index contributed by atoms with van der Waals surface area (Å²) in [5.74, 6) is -1.06. The Bertz CT molecular complexity index is 1010. The second-order valence-corrected chi connectivity index (χ2v) is 10.00. The van der Waals surface area contributed by atoms with Gasteiger partial charge in [-0.25, -0.2) is 9.59 Å².